The average Bonchev–Trinajstić information content (AvgIpc) is 2.86. The van der Waals surface area contributed by atoms with Crippen molar-refractivity contribution in [1.82, 2.24) is 15.5 Å². The lowest BCUT2D eigenvalue weighted by atomic mass is 9.81. The zero-order valence-electron chi connectivity index (χ0n) is 17.0. The van der Waals surface area contributed by atoms with E-state index in [2.05, 4.69) is 10.6 Å². The number of nitrogens with one attached hydrogen (secondary N) is 2. The second-order valence-electron chi connectivity index (χ2n) is 8.03. The van der Waals surface area contributed by atoms with Crippen molar-refractivity contribution in [2.24, 2.45) is 5.41 Å². The Kier molecular flexibility index (Phi) is 7.73. The monoisotopic (exact) mass is 409 g/mol. The summed E-state index contributed by atoms with van der Waals surface area (Å²) in [5.41, 5.74) is -1.68. The fourth-order valence-electron chi connectivity index (χ4n) is 3.01. The molecule has 1 fully saturated rings. The zero-order chi connectivity index (χ0) is 21.8. The van der Waals surface area contributed by atoms with Gasteiger partial charge in [0.15, 0.2) is 0 Å². The standard InChI is InChI=1S/C18H30F3N3O4/c1-6-17(7-2,10-22-15(27)28-16(3,4)5)14(26)23-12-8-9-24(13(12)25)11-18(19,20)21/h12H,6-11H2,1-5H3,(H,22,27)(H,23,26)/t12-/m0/s1. The summed E-state index contributed by atoms with van der Waals surface area (Å²) >= 11 is 0. The Labute approximate surface area is 163 Å². The van der Waals surface area contributed by atoms with Crippen LogP contribution in [0.15, 0.2) is 0 Å². The minimum Gasteiger partial charge on any atom is -0.444 e. The molecule has 1 aliphatic heterocycles. The van der Waals surface area contributed by atoms with Crippen molar-refractivity contribution in [3.8, 4) is 0 Å². The van der Waals surface area contributed by atoms with Crippen LogP contribution in [-0.2, 0) is 14.3 Å². The first-order valence-electron chi connectivity index (χ1n) is 9.36. The van der Waals surface area contributed by atoms with Crippen molar-refractivity contribution in [3.05, 3.63) is 0 Å². The van der Waals surface area contributed by atoms with Gasteiger partial charge in [0.05, 0.1) is 5.41 Å². The number of ether oxygens (including phenoxy) is 1. The first-order chi connectivity index (χ1) is 12.7. The largest absolute Gasteiger partial charge is 0.444 e. The van der Waals surface area contributed by atoms with Crippen LogP contribution in [0, 0.1) is 5.41 Å². The van der Waals surface area contributed by atoms with Crippen LogP contribution >= 0.6 is 0 Å². The van der Waals surface area contributed by atoms with Crippen molar-refractivity contribution >= 4 is 17.9 Å². The van der Waals surface area contributed by atoms with Crippen molar-refractivity contribution in [2.45, 2.75) is 71.7 Å². The number of alkyl halides is 3. The highest BCUT2D eigenvalue weighted by atomic mass is 19.4. The normalized spacial score (nSPS) is 18.2. The molecule has 0 aliphatic carbocycles. The van der Waals surface area contributed by atoms with Gasteiger partial charge in [-0.2, -0.15) is 13.2 Å². The SMILES string of the molecule is CCC(CC)(CNC(=O)OC(C)(C)C)C(=O)N[C@H]1CCN(CC(F)(F)F)C1=O. The summed E-state index contributed by atoms with van der Waals surface area (Å²) in [6.07, 6.45) is -4.29. The number of likely N-dealkylation sites (tertiary alicyclic amines) is 1. The Hall–Kier alpha value is -2.00. The number of halogens is 3. The lowest BCUT2D eigenvalue weighted by Crippen LogP contribution is -2.53. The highest BCUT2D eigenvalue weighted by Gasteiger charge is 2.43. The maximum Gasteiger partial charge on any atom is 0.407 e. The first-order valence-corrected chi connectivity index (χ1v) is 9.36. The molecule has 0 bridgehead atoms. The van der Waals surface area contributed by atoms with Crippen molar-refractivity contribution < 1.29 is 32.3 Å². The topological polar surface area (TPSA) is 87.7 Å². The number of alkyl carbamates (subject to hydrolysis) is 1. The van der Waals surface area contributed by atoms with Gasteiger partial charge in [0.25, 0.3) is 0 Å². The van der Waals surface area contributed by atoms with E-state index in [1.54, 1.807) is 34.6 Å². The van der Waals surface area contributed by atoms with Crippen LogP contribution < -0.4 is 10.6 Å². The summed E-state index contributed by atoms with van der Waals surface area (Å²) in [5, 5.41) is 5.14. The molecule has 0 aromatic rings. The van der Waals surface area contributed by atoms with E-state index in [0.717, 1.165) is 0 Å². The van der Waals surface area contributed by atoms with Gasteiger partial charge < -0.3 is 20.3 Å². The third kappa shape index (κ3) is 6.87. The molecule has 0 radical (unpaired) electrons. The summed E-state index contributed by atoms with van der Waals surface area (Å²) in [4.78, 5) is 37.6. The van der Waals surface area contributed by atoms with Gasteiger partial charge in [-0.3, -0.25) is 9.59 Å². The minimum atomic E-state index is -4.48. The predicted octanol–water partition coefficient (Wildman–Crippen LogP) is 2.60. The Morgan fingerprint density at radius 2 is 1.75 bits per heavy atom. The van der Waals surface area contributed by atoms with Gasteiger partial charge in [0.2, 0.25) is 11.8 Å². The zero-order valence-corrected chi connectivity index (χ0v) is 17.0. The number of carbonyl (C=O) groups excluding carboxylic acids is 3. The maximum atomic E-state index is 12.8. The van der Waals surface area contributed by atoms with Gasteiger partial charge in [0.1, 0.15) is 18.2 Å². The van der Waals surface area contributed by atoms with Crippen LogP contribution in [0.25, 0.3) is 0 Å². The molecule has 0 unspecified atom stereocenters. The van der Waals surface area contributed by atoms with Gasteiger partial charge in [-0.05, 0) is 40.0 Å². The number of hydrogen-bond donors (Lipinski definition) is 2. The van der Waals surface area contributed by atoms with Gasteiger partial charge in [-0.1, -0.05) is 13.8 Å². The van der Waals surface area contributed by atoms with Gasteiger partial charge in [0, 0.05) is 13.1 Å². The van der Waals surface area contributed by atoms with E-state index in [9.17, 15) is 27.6 Å². The molecule has 0 aromatic carbocycles. The summed E-state index contributed by atoms with van der Waals surface area (Å²) in [6, 6.07) is -0.992. The molecule has 0 spiro atoms. The molecule has 0 aromatic heterocycles. The number of amides is 3. The van der Waals surface area contributed by atoms with E-state index in [-0.39, 0.29) is 19.5 Å². The molecule has 28 heavy (non-hydrogen) atoms. The molecule has 1 rings (SSSR count). The van der Waals surface area contributed by atoms with Gasteiger partial charge in [-0.15, -0.1) is 0 Å². The van der Waals surface area contributed by atoms with Crippen LogP contribution in [-0.4, -0.2) is 60.3 Å². The number of hydrogen-bond acceptors (Lipinski definition) is 4. The molecule has 162 valence electrons. The van der Waals surface area contributed by atoms with Crippen molar-refractivity contribution in [3.63, 3.8) is 0 Å². The molecule has 7 nitrogen and oxygen atoms in total. The van der Waals surface area contributed by atoms with E-state index in [1.165, 1.54) is 0 Å². The number of rotatable bonds is 7. The maximum absolute atomic E-state index is 12.8. The Morgan fingerprint density at radius 1 is 1.18 bits per heavy atom. The molecule has 1 aliphatic rings. The molecule has 1 heterocycles. The van der Waals surface area contributed by atoms with Crippen LogP contribution in [0.5, 0.6) is 0 Å². The Balaban J connectivity index is 2.74. The van der Waals surface area contributed by atoms with Crippen LogP contribution in [0.1, 0.15) is 53.9 Å². The third-order valence-electron chi connectivity index (χ3n) is 4.78. The lowest BCUT2D eigenvalue weighted by Gasteiger charge is -2.32. The fraction of sp³-hybridized carbons (Fsp3) is 0.833. The van der Waals surface area contributed by atoms with E-state index in [0.29, 0.717) is 17.7 Å². The predicted molar refractivity (Wildman–Crippen MR) is 96.4 cm³/mol. The highest BCUT2D eigenvalue weighted by Crippen LogP contribution is 2.28. The molecule has 1 saturated heterocycles. The second-order valence-corrected chi connectivity index (χ2v) is 8.03. The van der Waals surface area contributed by atoms with Crippen LogP contribution in [0.2, 0.25) is 0 Å². The third-order valence-corrected chi connectivity index (χ3v) is 4.78. The van der Waals surface area contributed by atoms with E-state index in [4.69, 9.17) is 4.74 Å². The number of nitrogens with zero attached hydrogens (tertiary/aromatic N) is 1. The summed E-state index contributed by atoms with van der Waals surface area (Å²) in [6.45, 7) is 7.28. The first kappa shape index (κ1) is 24.0. The highest BCUT2D eigenvalue weighted by molar-refractivity contribution is 5.91. The van der Waals surface area contributed by atoms with Crippen LogP contribution in [0.4, 0.5) is 18.0 Å². The van der Waals surface area contributed by atoms with Gasteiger partial charge in [-0.25, -0.2) is 4.79 Å². The molecule has 10 heteroatoms. The van der Waals surface area contributed by atoms with Gasteiger partial charge >= 0.3 is 12.3 Å². The van der Waals surface area contributed by atoms with Crippen LogP contribution in [0.3, 0.4) is 0 Å². The molecule has 0 saturated carbocycles. The molecule has 3 amide bonds. The Morgan fingerprint density at radius 3 is 2.21 bits per heavy atom. The fourth-order valence-corrected chi connectivity index (χ4v) is 3.01. The Bertz CT molecular complexity index is 584. The molecule has 1 atom stereocenters. The quantitative estimate of drug-likeness (QED) is 0.677. The minimum absolute atomic E-state index is 0.00603. The van der Waals surface area contributed by atoms with Crippen molar-refractivity contribution in [2.75, 3.05) is 19.6 Å². The average molecular weight is 409 g/mol. The lowest BCUT2D eigenvalue weighted by molar-refractivity contribution is -0.158. The second kappa shape index (κ2) is 9.00. The molecule has 2 N–H and O–H groups in total. The molecular weight excluding hydrogens is 379 g/mol. The van der Waals surface area contributed by atoms with E-state index >= 15 is 0 Å². The number of carbonyl (C=O) groups is 3. The smallest absolute Gasteiger partial charge is 0.407 e. The summed E-state index contributed by atoms with van der Waals surface area (Å²) in [7, 11) is 0. The molecular formula is C18H30F3N3O4. The van der Waals surface area contributed by atoms with Crippen molar-refractivity contribution in [1.29, 1.82) is 0 Å². The summed E-state index contributed by atoms with van der Waals surface area (Å²) < 4.78 is 42.8. The van der Waals surface area contributed by atoms with E-state index < -0.39 is 47.7 Å². The van der Waals surface area contributed by atoms with E-state index in [1.807, 2.05) is 0 Å². The summed E-state index contributed by atoms with van der Waals surface area (Å²) in [5.74, 6) is -1.22.